The number of carbonyl (C=O) groups excluding carboxylic acids is 2. The molecule has 1 N–H and O–H groups in total. The van der Waals surface area contributed by atoms with Crippen LogP contribution in [0, 0.1) is 5.41 Å². The summed E-state index contributed by atoms with van der Waals surface area (Å²) in [6.45, 7) is 5.27. The Balaban J connectivity index is 0.000000574. The van der Waals surface area contributed by atoms with Crippen molar-refractivity contribution in [1.82, 2.24) is 5.32 Å². The quantitative estimate of drug-likeness (QED) is 0.664. The fourth-order valence-corrected chi connectivity index (χ4v) is 2.99. The first-order valence-electron chi connectivity index (χ1n) is 6.77. The molecule has 3 fully saturated rings. The third kappa shape index (κ3) is 2.17. The van der Waals surface area contributed by atoms with Gasteiger partial charge in [0.1, 0.15) is 0 Å². The zero-order chi connectivity index (χ0) is 13.2. The maximum atomic E-state index is 11.8. The molecule has 0 bridgehead atoms. The van der Waals surface area contributed by atoms with E-state index >= 15 is 0 Å². The molecule has 1 aliphatic carbocycles. The number of imide groups is 1. The van der Waals surface area contributed by atoms with E-state index in [1.165, 1.54) is 0 Å². The van der Waals surface area contributed by atoms with Crippen LogP contribution in [-0.4, -0.2) is 30.8 Å². The highest BCUT2D eigenvalue weighted by atomic mass is 16.7. The van der Waals surface area contributed by atoms with Crippen LogP contribution < -0.4 is 5.32 Å². The van der Waals surface area contributed by atoms with Crippen molar-refractivity contribution in [1.29, 1.82) is 0 Å². The summed E-state index contributed by atoms with van der Waals surface area (Å²) < 4.78 is 11.2. The van der Waals surface area contributed by atoms with Crippen LogP contribution >= 0.6 is 0 Å². The molecule has 2 amide bonds. The summed E-state index contributed by atoms with van der Waals surface area (Å²) in [6.07, 6.45) is 3.14. The molecule has 2 spiro atoms. The Kier molecular flexibility index (Phi) is 3.73. The highest BCUT2D eigenvalue weighted by Gasteiger charge is 2.53. The Morgan fingerprint density at radius 2 is 1.56 bits per heavy atom. The molecule has 0 radical (unpaired) electrons. The van der Waals surface area contributed by atoms with Crippen molar-refractivity contribution in [2.24, 2.45) is 5.41 Å². The predicted molar refractivity (Wildman–Crippen MR) is 64.7 cm³/mol. The molecule has 2 heterocycles. The number of ether oxygens (including phenoxy) is 2. The van der Waals surface area contributed by atoms with E-state index in [9.17, 15) is 9.59 Å². The van der Waals surface area contributed by atoms with Gasteiger partial charge in [0.05, 0.1) is 18.6 Å². The van der Waals surface area contributed by atoms with Crippen molar-refractivity contribution in [3.05, 3.63) is 0 Å². The summed E-state index contributed by atoms with van der Waals surface area (Å²) in [6, 6.07) is 0. The standard InChI is InChI=1S/C11H15NO4.C2H6/c13-8-7-10(9(14)12-8)1-3-11(4-2-10)15-5-6-16-11;1-2/h1-7H2,(H,12,13,14);1-2H3. The zero-order valence-corrected chi connectivity index (χ0v) is 11.1. The van der Waals surface area contributed by atoms with Crippen molar-refractivity contribution in [2.75, 3.05) is 13.2 Å². The first-order valence-corrected chi connectivity index (χ1v) is 6.77. The lowest BCUT2D eigenvalue weighted by atomic mass is 9.71. The van der Waals surface area contributed by atoms with Crippen molar-refractivity contribution in [3.63, 3.8) is 0 Å². The van der Waals surface area contributed by atoms with E-state index in [1.54, 1.807) is 0 Å². The van der Waals surface area contributed by atoms with Crippen LogP contribution in [0.25, 0.3) is 0 Å². The Hall–Kier alpha value is -0.940. The van der Waals surface area contributed by atoms with Gasteiger partial charge in [-0.05, 0) is 12.8 Å². The van der Waals surface area contributed by atoms with Crippen LogP contribution in [0.4, 0.5) is 0 Å². The van der Waals surface area contributed by atoms with E-state index in [0.717, 1.165) is 0 Å². The molecule has 2 aliphatic heterocycles. The van der Waals surface area contributed by atoms with Crippen LogP contribution in [0.5, 0.6) is 0 Å². The van der Waals surface area contributed by atoms with Crippen LogP contribution in [-0.2, 0) is 19.1 Å². The molecule has 0 unspecified atom stereocenters. The molecular weight excluding hydrogens is 234 g/mol. The van der Waals surface area contributed by atoms with Crippen LogP contribution in [0.15, 0.2) is 0 Å². The van der Waals surface area contributed by atoms with Gasteiger partial charge in [-0.15, -0.1) is 0 Å². The van der Waals surface area contributed by atoms with Crippen molar-refractivity contribution >= 4 is 11.8 Å². The van der Waals surface area contributed by atoms with Crippen molar-refractivity contribution < 1.29 is 19.1 Å². The predicted octanol–water partition coefficient (Wildman–Crippen LogP) is 1.36. The third-order valence-corrected chi connectivity index (χ3v) is 4.02. The average molecular weight is 255 g/mol. The van der Waals surface area contributed by atoms with Gasteiger partial charge in [0.2, 0.25) is 11.8 Å². The second-order valence-electron chi connectivity index (χ2n) is 4.94. The lowest BCUT2D eigenvalue weighted by molar-refractivity contribution is -0.191. The molecule has 18 heavy (non-hydrogen) atoms. The molecule has 2 saturated heterocycles. The van der Waals surface area contributed by atoms with Gasteiger partial charge < -0.3 is 9.47 Å². The molecule has 1 saturated carbocycles. The van der Waals surface area contributed by atoms with Gasteiger partial charge >= 0.3 is 0 Å². The fraction of sp³-hybridized carbons (Fsp3) is 0.846. The van der Waals surface area contributed by atoms with E-state index in [2.05, 4.69) is 5.32 Å². The Labute approximate surface area is 107 Å². The van der Waals surface area contributed by atoms with Gasteiger partial charge in [0, 0.05) is 19.3 Å². The first kappa shape index (κ1) is 13.5. The van der Waals surface area contributed by atoms with Gasteiger partial charge in [-0.3, -0.25) is 14.9 Å². The smallest absolute Gasteiger partial charge is 0.233 e. The average Bonchev–Trinajstić information content (AvgIpc) is 2.93. The molecule has 5 nitrogen and oxygen atoms in total. The van der Waals surface area contributed by atoms with Gasteiger partial charge in [0.15, 0.2) is 5.79 Å². The minimum Gasteiger partial charge on any atom is -0.348 e. The largest absolute Gasteiger partial charge is 0.348 e. The summed E-state index contributed by atoms with van der Waals surface area (Å²) in [5.74, 6) is -0.712. The number of amides is 2. The summed E-state index contributed by atoms with van der Waals surface area (Å²) in [5, 5.41) is 2.40. The molecule has 0 aromatic carbocycles. The summed E-state index contributed by atoms with van der Waals surface area (Å²) >= 11 is 0. The van der Waals surface area contributed by atoms with Gasteiger partial charge in [-0.2, -0.15) is 0 Å². The van der Waals surface area contributed by atoms with E-state index in [4.69, 9.17) is 9.47 Å². The number of hydrogen-bond donors (Lipinski definition) is 1. The normalized spacial score (nSPS) is 28.1. The summed E-state index contributed by atoms with van der Waals surface area (Å²) in [7, 11) is 0. The summed E-state index contributed by atoms with van der Waals surface area (Å²) in [5.41, 5.74) is -0.475. The molecule has 5 heteroatoms. The minimum absolute atomic E-state index is 0.106. The molecule has 0 atom stereocenters. The van der Waals surface area contributed by atoms with Crippen molar-refractivity contribution in [3.8, 4) is 0 Å². The lowest BCUT2D eigenvalue weighted by Gasteiger charge is -2.39. The topological polar surface area (TPSA) is 64.6 Å². The SMILES string of the molecule is CC.O=C1CC2(CCC3(CC2)OCCO3)C(=O)N1. The Morgan fingerprint density at radius 3 is 2.00 bits per heavy atom. The number of hydrogen-bond acceptors (Lipinski definition) is 4. The van der Waals surface area contributed by atoms with E-state index < -0.39 is 11.2 Å². The number of rotatable bonds is 0. The molecule has 3 aliphatic rings. The number of nitrogens with one attached hydrogen (secondary N) is 1. The van der Waals surface area contributed by atoms with Gasteiger partial charge in [-0.25, -0.2) is 0 Å². The van der Waals surface area contributed by atoms with Crippen LogP contribution in [0.3, 0.4) is 0 Å². The molecule has 0 aromatic rings. The molecule has 0 aromatic heterocycles. The second kappa shape index (κ2) is 4.97. The molecule has 102 valence electrons. The monoisotopic (exact) mass is 255 g/mol. The third-order valence-electron chi connectivity index (χ3n) is 4.02. The van der Waals surface area contributed by atoms with E-state index in [1.807, 2.05) is 13.8 Å². The van der Waals surface area contributed by atoms with E-state index in [0.29, 0.717) is 45.3 Å². The Bertz CT molecular complexity index is 337. The van der Waals surface area contributed by atoms with Gasteiger partial charge in [-0.1, -0.05) is 13.8 Å². The first-order chi connectivity index (χ1) is 8.64. The zero-order valence-electron chi connectivity index (χ0n) is 11.1. The van der Waals surface area contributed by atoms with Crippen LogP contribution in [0.1, 0.15) is 46.0 Å². The van der Waals surface area contributed by atoms with Crippen molar-refractivity contribution in [2.45, 2.75) is 51.7 Å². The summed E-state index contributed by atoms with van der Waals surface area (Å²) in [4.78, 5) is 23.0. The Morgan fingerprint density at radius 1 is 1.00 bits per heavy atom. The maximum absolute atomic E-state index is 11.8. The molecule has 3 rings (SSSR count). The maximum Gasteiger partial charge on any atom is 0.233 e. The second-order valence-corrected chi connectivity index (χ2v) is 4.94. The highest BCUT2D eigenvalue weighted by molar-refractivity contribution is 6.05. The molecular formula is C13H21NO4. The lowest BCUT2D eigenvalue weighted by Crippen LogP contribution is -2.43. The van der Waals surface area contributed by atoms with Crippen LogP contribution in [0.2, 0.25) is 0 Å². The van der Waals surface area contributed by atoms with Gasteiger partial charge in [0.25, 0.3) is 0 Å². The highest BCUT2D eigenvalue weighted by Crippen LogP contribution is 2.48. The minimum atomic E-state index is -0.475. The number of carbonyl (C=O) groups is 2. The van der Waals surface area contributed by atoms with E-state index in [-0.39, 0.29) is 11.8 Å². The fourth-order valence-electron chi connectivity index (χ4n) is 2.99.